The molecule has 0 unspecified atom stereocenters. The second-order valence-electron chi connectivity index (χ2n) is 4.54. The second kappa shape index (κ2) is 6.19. The summed E-state index contributed by atoms with van der Waals surface area (Å²) >= 11 is 3.15. The van der Waals surface area contributed by atoms with Crippen LogP contribution in [0.25, 0.3) is 0 Å². The highest BCUT2D eigenvalue weighted by atomic mass is 79.9. The first-order valence-electron chi connectivity index (χ1n) is 6.22. The van der Waals surface area contributed by atoms with Gasteiger partial charge in [-0.25, -0.2) is 4.39 Å². The molecular formula is C12H16BrFN2O2S. The molecule has 0 atom stereocenters. The first kappa shape index (κ1) is 14.7. The van der Waals surface area contributed by atoms with Crippen LogP contribution < -0.4 is 4.72 Å². The number of benzene rings is 1. The molecule has 1 aromatic carbocycles. The summed E-state index contributed by atoms with van der Waals surface area (Å²) in [5.74, 6) is -0.412. The largest absolute Gasteiger partial charge is 0.301 e. The third-order valence-corrected chi connectivity index (χ3v) is 5.25. The van der Waals surface area contributed by atoms with Crippen LogP contribution in [-0.4, -0.2) is 25.8 Å². The normalized spacial score (nSPS) is 18.0. The standard InChI is InChI=1S/C12H16BrFN2O2S/c13-11-9-10(14)5-6-12(11)15-19(17,18)16-7-3-1-2-4-8-16/h5-6,9,15H,1-4,7-8H2. The molecule has 1 saturated heterocycles. The lowest BCUT2D eigenvalue weighted by atomic mass is 10.2. The molecule has 0 amide bonds. The molecule has 1 aliphatic rings. The summed E-state index contributed by atoms with van der Waals surface area (Å²) in [6.07, 6.45) is 3.88. The Bertz CT molecular complexity index is 543. The van der Waals surface area contributed by atoms with Crippen molar-refractivity contribution in [2.45, 2.75) is 25.7 Å². The van der Waals surface area contributed by atoms with Crippen molar-refractivity contribution in [1.29, 1.82) is 0 Å². The van der Waals surface area contributed by atoms with Crippen LogP contribution in [0.5, 0.6) is 0 Å². The van der Waals surface area contributed by atoms with Crippen molar-refractivity contribution in [3.8, 4) is 0 Å². The van der Waals surface area contributed by atoms with Crippen LogP contribution in [0.15, 0.2) is 22.7 Å². The molecule has 0 saturated carbocycles. The third kappa shape index (κ3) is 3.90. The molecule has 1 heterocycles. The molecule has 19 heavy (non-hydrogen) atoms. The molecule has 0 aromatic heterocycles. The molecule has 1 aromatic rings. The molecule has 4 nitrogen and oxygen atoms in total. The van der Waals surface area contributed by atoms with E-state index in [2.05, 4.69) is 20.7 Å². The van der Waals surface area contributed by atoms with Crippen LogP contribution in [0.1, 0.15) is 25.7 Å². The van der Waals surface area contributed by atoms with Crippen molar-refractivity contribution in [2.75, 3.05) is 17.8 Å². The van der Waals surface area contributed by atoms with Crippen molar-refractivity contribution >= 4 is 31.8 Å². The van der Waals surface area contributed by atoms with Gasteiger partial charge in [-0.3, -0.25) is 4.72 Å². The van der Waals surface area contributed by atoms with Crippen LogP contribution >= 0.6 is 15.9 Å². The van der Waals surface area contributed by atoms with Crippen molar-refractivity contribution in [1.82, 2.24) is 4.31 Å². The Labute approximate surface area is 121 Å². The highest BCUT2D eigenvalue weighted by molar-refractivity contribution is 9.10. The predicted molar refractivity (Wildman–Crippen MR) is 76.7 cm³/mol. The SMILES string of the molecule is O=S(=O)(Nc1ccc(F)cc1Br)N1CCCCCC1. The highest BCUT2D eigenvalue weighted by Crippen LogP contribution is 2.25. The zero-order valence-corrected chi connectivity index (χ0v) is 12.8. The fourth-order valence-electron chi connectivity index (χ4n) is 2.06. The van der Waals surface area contributed by atoms with Crippen LogP contribution in [0.3, 0.4) is 0 Å². The van der Waals surface area contributed by atoms with Gasteiger partial charge >= 0.3 is 10.2 Å². The monoisotopic (exact) mass is 350 g/mol. The minimum atomic E-state index is -3.56. The van der Waals surface area contributed by atoms with Crippen molar-refractivity contribution in [3.63, 3.8) is 0 Å². The second-order valence-corrected chi connectivity index (χ2v) is 7.07. The Kier molecular flexibility index (Phi) is 4.81. The molecule has 1 aliphatic heterocycles. The lowest BCUT2D eigenvalue weighted by Gasteiger charge is -2.21. The molecule has 1 fully saturated rings. The van der Waals surface area contributed by atoms with Gasteiger partial charge in [-0.2, -0.15) is 12.7 Å². The third-order valence-electron chi connectivity index (χ3n) is 3.08. The van der Waals surface area contributed by atoms with Gasteiger partial charge in [0.1, 0.15) is 5.82 Å². The number of nitrogens with zero attached hydrogens (tertiary/aromatic N) is 1. The molecule has 7 heteroatoms. The maximum atomic E-state index is 13.0. The van der Waals surface area contributed by atoms with E-state index in [4.69, 9.17) is 0 Å². The molecule has 0 aliphatic carbocycles. The van der Waals surface area contributed by atoms with Gasteiger partial charge in [0, 0.05) is 17.6 Å². The zero-order chi connectivity index (χ0) is 13.9. The molecule has 0 bridgehead atoms. The molecule has 106 valence electrons. The van der Waals surface area contributed by atoms with Crippen LogP contribution in [0, 0.1) is 5.82 Å². The summed E-state index contributed by atoms with van der Waals surface area (Å²) in [5, 5.41) is 0. The average molecular weight is 351 g/mol. The Morgan fingerprint density at radius 3 is 2.37 bits per heavy atom. The molecule has 1 N–H and O–H groups in total. The Morgan fingerprint density at radius 1 is 1.16 bits per heavy atom. The van der Waals surface area contributed by atoms with Gasteiger partial charge in [0.2, 0.25) is 0 Å². The van der Waals surface area contributed by atoms with E-state index in [9.17, 15) is 12.8 Å². The number of nitrogens with one attached hydrogen (secondary N) is 1. The van der Waals surface area contributed by atoms with E-state index in [-0.39, 0.29) is 0 Å². The topological polar surface area (TPSA) is 49.4 Å². The number of hydrogen-bond donors (Lipinski definition) is 1. The Morgan fingerprint density at radius 2 is 1.79 bits per heavy atom. The number of hydrogen-bond acceptors (Lipinski definition) is 2. The Balaban J connectivity index is 2.15. The maximum absolute atomic E-state index is 13.0. The van der Waals surface area contributed by atoms with Gasteiger partial charge in [-0.05, 0) is 47.0 Å². The zero-order valence-electron chi connectivity index (χ0n) is 10.4. The summed E-state index contributed by atoms with van der Waals surface area (Å²) in [6, 6.07) is 3.88. The quantitative estimate of drug-likeness (QED) is 0.910. The van der Waals surface area contributed by atoms with E-state index in [1.54, 1.807) is 0 Å². The van der Waals surface area contributed by atoms with E-state index < -0.39 is 16.0 Å². The van der Waals surface area contributed by atoms with E-state index >= 15 is 0 Å². The first-order chi connectivity index (χ1) is 8.99. The molecular weight excluding hydrogens is 335 g/mol. The summed E-state index contributed by atoms with van der Waals surface area (Å²) in [7, 11) is -3.56. The van der Waals surface area contributed by atoms with Crippen LogP contribution in [0.2, 0.25) is 0 Å². The van der Waals surface area contributed by atoms with E-state index in [1.807, 2.05) is 0 Å². The minimum Gasteiger partial charge on any atom is -0.270 e. The molecule has 0 spiro atoms. The van der Waals surface area contributed by atoms with Crippen molar-refractivity contribution in [2.24, 2.45) is 0 Å². The van der Waals surface area contributed by atoms with Crippen molar-refractivity contribution in [3.05, 3.63) is 28.5 Å². The van der Waals surface area contributed by atoms with Gasteiger partial charge < -0.3 is 0 Å². The van der Waals surface area contributed by atoms with Crippen molar-refractivity contribution < 1.29 is 12.8 Å². The summed E-state index contributed by atoms with van der Waals surface area (Å²) in [6.45, 7) is 1.07. The number of halogens is 2. The van der Waals surface area contributed by atoms with E-state index in [1.165, 1.54) is 22.5 Å². The van der Waals surface area contributed by atoms with Gasteiger partial charge in [0.05, 0.1) is 5.69 Å². The van der Waals surface area contributed by atoms with Gasteiger partial charge in [0.15, 0.2) is 0 Å². The summed E-state index contributed by atoms with van der Waals surface area (Å²) < 4.78 is 41.8. The van der Waals surface area contributed by atoms with E-state index in [0.29, 0.717) is 23.2 Å². The predicted octanol–water partition coefficient (Wildman–Crippen LogP) is 3.12. The smallest absolute Gasteiger partial charge is 0.270 e. The average Bonchev–Trinajstić information content (AvgIpc) is 2.62. The minimum absolute atomic E-state index is 0.352. The first-order valence-corrected chi connectivity index (χ1v) is 8.45. The van der Waals surface area contributed by atoms with Gasteiger partial charge in [-0.15, -0.1) is 0 Å². The summed E-state index contributed by atoms with van der Waals surface area (Å²) in [4.78, 5) is 0. The summed E-state index contributed by atoms with van der Waals surface area (Å²) in [5.41, 5.74) is 0.352. The molecule has 2 rings (SSSR count). The number of anilines is 1. The Hall–Kier alpha value is -0.660. The van der Waals surface area contributed by atoms with Gasteiger partial charge in [-0.1, -0.05) is 12.8 Å². The lowest BCUT2D eigenvalue weighted by Crippen LogP contribution is -2.36. The molecule has 0 radical (unpaired) electrons. The highest BCUT2D eigenvalue weighted by Gasteiger charge is 2.23. The number of rotatable bonds is 3. The fraction of sp³-hybridized carbons (Fsp3) is 0.500. The van der Waals surface area contributed by atoms with Crippen LogP contribution in [-0.2, 0) is 10.2 Å². The van der Waals surface area contributed by atoms with E-state index in [0.717, 1.165) is 25.7 Å². The lowest BCUT2D eigenvalue weighted by molar-refractivity contribution is 0.427. The van der Waals surface area contributed by atoms with Crippen LogP contribution in [0.4, 0.5) is 10.1 Å². The maximum Gasteiger partial charge on any atom is 0.301 e. The fourth-order valence-corrected chi connectivity index (χ4v) is 3.96. The van der Waals surface area contributed by atoms with Gasteiger partial charge in [0.25, 0.3) is 0 Å².